The number of aryl methyl sites for hydroxylation is 1. The highest BCUT2D eigenvalue weighted by atomic mass is 35.5. The fraction of sp³-hybridized carbons (Fsp3) is 0.571. The quantitative estimate of drug-likeness (QED) is 0.852. The number of hydrogen-bond donors (Lipinski definition) is 1. The molecule has 1 aromatic rings. The molecule has 8 heteroatoms. The van der Waals surface area contributed by atoms with E-state index < -0.39 is 26.6 Å². The van der Waals surface area contributed by atoms with Gasteiger partial charge in [0.2, 0.25) is 10.0 Å². The highest BCUT2D eigenvalue weighted by molar-refractivity contribution is 7.89. The zero-order valence-electron chi connectivity index (χ0n) is 13.1. The summed E-state index contributed by atoms with van der Waals surface area (Å²) in [5.74, 6) is -1.63. The molecule has 0 aliphatic rings. The maximum atomic E-state index is 13.7. The lowest BCUT2D eigenvalue weighted by Gasteiger charge is -2.21. The molecule has 22 heavy (non-hydrogen) atoms. The lowest BCUT2D eigenvalue weighted by molar-refractivity contribution is 0.395. The molecule has 1 rings (SSSR count). The maximum Gasteiger partial charge on any atom is 0.245 e. The lowest BCUT2D eigenvalue weighted by Crippen LogP contribution is -2.35. The molecule has 0 amide bonds. The summed E-state index contributed by atoms with van der Waals surface area (Å²) in [6.45, 7) is 5.46. The summed E-state index contributed by atoms with van der Waals surface area (Å²) in [5.41, 5.74) is 5.96. The van der Waals surface area contributed by atoms with E-state index in [2.05, 4.69) is 0 Å². The molecule has 0 radical (unpaired) electrons. The molecule has 1 atom stereocenters. The predicted octanol–water partition coefficient (Wildman–Crippen LogP) is 2.69. The number of benzene rings is 1. The zero-order valence-corrected chi connectivity index (χ0v) is 14.8. The molecule has 0 saturated heterocycles. The minimum Gasteiger partial charge on any atom is -0.327 e. The van der Waals surface area contributed by atoms with Crippen LogP contribution in [-0.4, -0.2) is 32.4 Å². The third-order valence-corrected chi connectivity index (χ3v) is 5.41. The topological polar surface area (TPSA) is 63.4 Å². The van der Waals surface area contributed by atoms with E-state index in [1.807, 2.05) is 13.8 Å². The summed E-state index contributed by atoms with van der Waals surface area (Å²) in [5, 5.41) is 0. The van der Waals surface area contributed by atoms with Crippen LogP contribution in [-0.2, 0) is 10.0 Å². The van der Waals surface area contributed by atoms with Crippen molar-refractivity contribution in [1.82, 2.24) is 4.31 Å². The van der Waals surface area contributed by atoms with Crippen LogP contribution in [0.4, 0.5) is 8.78 Å². The maximum absolute atomic E-state index is 13.7. The third-order valence-electron chi connectivity index (χ3n) is 3.54. The van der Waals surface area contributed by atoms with Crippen molar-refractivity contribution in [2.75, 3.05) is 13.6 Å². The summed E-state index contributed by atoms with van der Waals surface area (Å²) < 4.78 is 52.7. The van der Waals surface area contributed by atoms with E-state index in [4.69, 9.17) is 5.73 Å². The molecule has 0 aliphatic carbocycles. The van der Waals surface area contributed by atoms with E-state index in [1.54, 1.807) is 0 Å². The van der Waals surface area contributed by atoms with Gasteiger partial charge in [0, 0.05) is 25.7 Å². The fourth-order valence-electron chi connectivity index (χ4n) is 1.78. The van der Waals surface area contributed by atoms with Crippen LogP contribution < -0.4 is 5.73 Å². The molecule has 1 unspecified atom stereocenters. The van der Waals surface area contributed by atoms with Crippen LogP contribution in [0.15, 0.2) is 17.0 Å². The van der Waals surface area contributed by atoms with Gasteiger partial charge in [-0.1, -0.05) is 13.8 Å². The standard InChI is InChI=1S/C14H22F2N2O2S.ClH/c1-9(2)13(17)5-6-18(4)21(19,20)14-7-10(3)11(15)8-12(14)16;/h7-9,13H,5-6,17H2,1-4H3;1H. The van der Waals surface area contributed by atoms with Crippen molar-refractivity contribution in [3.8, 4) is 0 Å². The van der Waals surface area contributed by atoms with E-state index >= 15 is 0 Å². The average Bonchev–Trinajstić information content (AvgIpc) is 2.39. The minimum absolute atomic E-state index is 0. The van der Waals surface area contributed by atoms with Gasteiger partial charge in [0.1, 0.15) is 16.5 Å². The Morgan fingerprint density at radius 1 is 1.23 bits per heavy atom. The van der Waals surface area contributed by atoms with Crippen molar-refractivity contribution in [2.45, 2.75) is 38.1 Å². The minimum atomic E-state index is -3.99. The SMILES string of the molecule is Cc1cc(S(=O)(=O)N(C)CCC(N)C(C)C)c(F)cc1F.Cl. The van der Waals surface area contributed by atoms with Gasteiger partial charge in [-0.15, -0.1) is 12.4 Å². The second-order valence-corrected chi connectivity index (χ2v) is 7.57. The van der Waals surface area contributed by atoms with E-state index in [1.165, 1.54) is 14.0 Å². The van der Waals surface area contributed by atoms with Gasteiger partial charge in [-0.25, -0.2) is 21.5 Å². The molecule has 0 bridgehead atoms. The van der Waals surface area contributed by atoms with Crippen molar-refractivity contribution < 1.29 is 17.2 Å². The summed E-state index contributed by atoms with van der Waals surface area (Å²) >= 11 is 0. The molecule has 4 nitrogen and oxygen atoms in total. The molecule has 0 spiro atoms. The molecule has 2 N–H and O–H groups in total. The summed E-state index contributed by atoms with van der Waals surface area (Å²) in [4.78, 5) is -0.512. The Balaban J connectivity index is 0.00000441. The fourth-order valence-corrected chi connectivity index (χ4v) is 3.09. The molecule has 0 saturated carbocycles. The van der Waals surface area contributed by atoms with Crippen LogP contribution in [0.2, 0.25) is 0 Å². The van der Waals surface area contributed by atoms with Gasteiger partial charge in [0.15, 0.2) is 0 Å². The van der Waals surface area contributed by atoms with Crippen LogP contribution in [0, 0.1) is 24.5 Å². The normalized spacial score (nSPS) is 13.3. The molecule has 0 heterocycles. The van der Waals surface area contributed by atoms with Crippen LogP contribution >= 0.6 is 12.4 Å². The second-order valence-electron chi connectivity index (χ2n) is 5.55. The van der Waals surface area contributed by atoms with Crippen LogP contribution in [0.5, 0.6) is 0 Å². The zero-order chi connectivity index (χ0) is 16.4. The number of nitrogens with two attached hydrogens (primary N) is 1. The highest BCUT2D eigenvalue weighted by Crippen LogP contribution is 2.22. The molecule has 128 valence electrons. The molecule has 0 aliphatic heterocycles. The van der Waals surface area contributed by atoms with Gasteiger partial charge in [0.25, 0.3) is 0 Å². The first-order chi connectivity index (χ1) is 9.57. The van der Waals surface area contributed by atoms with Crippen molar-refractivity contribution in [2.24, 2.45) is 11.7 Å². The first-order valence-corrected chi connectivity index (χ1v) is 8.19. The van der Waals surface area contributed by atoms with Crippen LogP contribution in [0.1, 0.15) is 25.8 Å². The average molecular weight is 357 g/mol. The smallest absolute Gasteiger partial charge is 0.245 e. The number of sulfonamides is 1. The van der Waals surface area contributed by atoms with Crippen molar-refractivity contribution in [1.29, 1.82) is 0 Å². The molecular weight excluding hydrogens is 334 g/mol. The number of nitrogens with zero attached hydrogens (tertiary/aromatic N) is 1. The number of hydrogen-bond acceptors (Lipinski definition) is 3. The van der Waals surface area contributed by atoms with Gasteiger partial charge < -0.3 is 5.73 Å². The number of halogens is 3. The monoisotopic (exact) mass is 356 g/mol. The van der Waals surface area contributed by atoms with E-state index in [0.717, 1.165) is 10.4 Å². The largest absolute Gasteiger partial charge is 0.327 e. The molecule has 0 aromatic heterocycles. The Kier molecular flexibility index (Phi) is 7.91. The van der Waals surface area contributed by atoms with Gasteiger partial charge in [-0.2, -0.15) is 0 Å². The predicted molar refractivity (Wildman–Crippen MR) is 85.6 cm³/mol. The Morgan fingerprint density at radius 2 is 1.77 bits per heavy atom. The van der Waals surface area contributed by atoms with E-state index in [0.29, 0.717) is 12.5 Å². The highest BCUT2D eigenvalue weighted by Gasteiger charge is 2.26. The summed E-state index contributed by atoms with van der Waals surface area (Å²) in [7, 11) is -2.63. The lowest BCUT2D eigenvalue weighted by atomic mass is 10.0. The van der Waals surface area contributed by atoms with Crippen molar-refractivity contribution >= 4 is 22.4 Å². The Bertz CT molecular complexity index is 609. The summed E-state index contributed by atoms with van der Waals surface area (Å²) in [6.07, 6.45) is 0.467. The molecule has 0 fully saturated rings. The first-order valence-electron chi connectivity index (χ1n) is 6.75. The Labute approximate surface area is 137 Å². The van der Waals surface area contributed by atoms with Crippen molar-refractivity contribution in [3.05, 3.63) is 29.3 Å². The van der Waals surface area contributed by atoms with Crippen LogP contribution in [0.3, 0.4) is 0 Å². The van der Waals surface area contributed by atoms with E-state index in [-0.39, 0.29) is 36.5 Å². The Hall–Kier alpha value is -0.760. The van der Waals surface area contributed by atoms with Gasteiger partial charge in [-0.05, 0) is 30.9 Å². The van der Waals surface area contributed by atoms with Crippen molar-refractivity contribution in [3.63, 3.8) is 0 Å². The first kappa shape index (κ1) is 21.2. The van der Waals surface area contributed by atoms with Gasteiger partial charge >= 0.3 is 0 Å². The molecular formula is C14H23ClF2N2O2S. The van der Waals surface area contributed by atoms with E-state index in [9.17, 15) is 17.2 Å². The second kappa shape index (κ2) is 8.19. The van der Waals surface area contributed by atoms with Gasteiger partial charge in [0.05, 0.1) is 0 Å². The van der Waals surface area contributed by atoms with Crippen LogP contribution in [0.25, 0.3) is 0 Å². The summed E-state index contributed by atoms with van der Waals surface area (Å²) in [6, 6.07) is 1.47. The Morgan fingerprint density at radius 3 is 2.27 bits per heavy atom. The third kappa shape index (κ3) is 4.87. The molecule has 1 aromatic carbocycles. The number of rotatable bonds is 6. The van der Waals surface area contributed by atoms with Gasteiger partial charge in [-0.3, -0.25) is 0 Å².